The second kappa shape index (κ2) is 4.77. The van der Waals surface area contributed by atoms with Crippen LogP contribution in [0.1, 0.15) is 49.1 Å². The second-order valence-corrected chi connectivity index (χ2v) is 8.19. The summed E-state index contributed by atoms with van der Waals surface area (Å²) in [6, 6.07) is 1.86. The van der Waals surface area contributed by atoms with Crippen LogP contribution in [0.15, 0.2) is 17.2 Å². The molecule has 0 N–H and O–H groups in total. The number of carbonyl (C=O) groups excluding carboxylic acids is 1. The normalized spacial score (nSPS) is 23.3. The van der Waals surface area contributed by atoms with Gasteiger partial charge >= 0.3 is 0 Å². The number of hydrogen-bond acceptors (Lipinski definition) is 3. The van der Waals surface area contributed by atoms with Crippen LogP contribution in [0.25, 0.3) is 0 Å². The number of aromatic nitrogens is 1. The zero-order valence-corrected chi connectivity index (χ0v) is 12.8. The van der Waals surface area contributed by atoms with E-state index in [1.165, 1.54) is 12.3 Å². The number of carbonyl (C=O) groups is 1. The van der Waals surface area contributed by atoms with Gasteiger partial charge in [-0.3, -0.25) is 4.79 Å². The lowest BCUT2D eigenvalue weighted by atomic mass is 10.2. The highest BCUT2D eigenvalue weighted by molar-refractivity contribution is 8.13. The second-order valence-electron chi connectivity index (χ2n) is 5.63. The topological polar surface area (TPSA) is 59.4 Å². The maximum absolute atomic E-state index is 12.6. The van der Waals surface area contributed by atoms with E-state index in [1.807, 2.05) is 11.8 Å². The zero-order chi connectivity index (χ0) is 14.5. The Balaban J connectivity index is 1.99. The predicted molar refractivity (Wildman–Crippen MR) is 75.5 cm³/mol. The van der Waals surface area contributed by atoms with Crippen molar-refractivity contribution in [3.63, 3.8) is 0 Å². The highest BCUT2D eigenvalue weighted by Crippen LogP contribution is 2.38. The van der Waals surface area contributed by atoms with Gasteiger partial charge in [0.2, 0.25) is 0 Å². The highest BCUT2D eigenvalue weighted by Gasteiger charge is 2.33. The van der Waals surface area contributed by atoms with E-state index < -0.39 is 9.05 Å². The molecule has 2 fully saturated rings. The summed E-state index contributed by atoms with van der Waals surface area (Å²) >= 11 is 0. The summed E-state index contributed by atoms with van der Waals surface area (Å²) in [6.07, 6.45) is 5.45. The maximum atomic E-state index is 12.6. The summed E-state index contributed by atoms with van der Waals surface area (Å²) in [7, 11) is 1.60. The van der Waals surface area contributed by atoms with Crippen molar-refractivity contribution in [2.45, 2.75) is 49.6 Å². The lowest BCUT2D eigenvalue weighted by Gasteiger charge is -2.22. The van der Waals surface area contributed by atoms with Crippen molar-refractivity contribution in [2.24, 2.45) is 0 Å². The molecule has 1 saturated carbocycles. The quantitative estimate of drug-likeness (QED) is 0.804. The van der Waals surface area contributed by atoms with Crippen molar-refractivity contribution in [2.75, 3.05) is 6.54 Å². The van der Waals surface area contributed by atoms with Crippen LogP contribution in [-0.2, 0) is 9.05 Å². The Hall–Kier alpha value is -1.01. The molecule has 20 heavy (non-hydrogen) atoms. The Morgan fingerprint density at radius 3 is 2.55 bits per heavy atom. The molecule has 1 aromatic heterocycles. The first-order valence-corrected chi connectivity index (χ1v) is 9.16. The monoisotopic (exact) mass is 316 g/mol. The molecule has 1 unspecified atom stereocenters. The zero-order valence-electron chi connectivity index (χ0n) is 11.3. The van der Waals surface area contributed by atoms with Gasteiger partial charge in [-0.05, 0) is 38.7 Å². The third-order valence-electron chi connectivity index (χ3n) is 4.08. The van der Waals surface area contributed by atoms with Crippen LogP contribution in [0.5, 0.6) is 0 Å². The largest absolute Gasteiger partial charge is 0.339 e. The summed E-state index contributed by atoms with van der Waals surface area (Å²) in [5.41, 5.74) is 0.445. The fourth-order valence-electron chi connectivity index (χ4n) is 2.80. The average Bonchev–Trinajstić information content (AvgIpc) is 2.95. The van der Waals surface area contributed by atoms with E-state index in [9.17, 15) is 13.2 Å². The van der Waals surface area contributed by atoms with Gasteiger partial charge in [-0.25, -0.2) is 8.42 Å². The third kappa shape index (κ3) is 2.46. The van der Waals surface area contributed by atoms with Gasteiger partial charge in [0, 0.05) is 35.5 Å². The molecular formula is C13H17ClN2O3S. The van der Waals surface area contributed by atoms with Gasteiger partial charge in [0.25, 0.3) is 15.0 Å². The Bertz CT molecular complexity index is 649. The Morgan fingerprint density at radius 1 is 1.35 bits per heavy atom. The Morgan fingerprint density at radius 2 is 2.05 bits per heavy atom. The van der Waals surface area contributed by atoms with Gasteiger partial charge < -0.3 is 9.47 Å². The minimum absolute atomic E-state index is 0.0151. The van der Waals surface area contributed by atoms with Crippen molar-refractivity contribution >= 4 is 25.6 Å². The van der Waals surface area contributed by atoms with Gasteiger partial charge in [0.1, 0.15) is 10.6 Å². The minimum Gasteiger partial charge on any atom is -0.339 e. The molecule has 110 valence electrons. The Labute approximate surface area is 122 Å². The lowest BCUT2D eigenvalue weighted by molar-refractivity contribution is 0.0736. The summed E-state index contributed by atoms with van der Waals surface area (Å²) in [6.45, 7) is 2.76. The molecule has 3 rings (SSSR count). The number of rotatable bonds is 3. The fourth-order valence-corrected chi connectivity index (χ4v) is 3.54. The summed E-state index contributed by atoms with van der Waals surface area (Å²) in [5, 5.41) is 0. The Kier molecular flexibility index (Phi) is 3.33. The number of nitrogens with zero attached hydrogens (tertiary/aromatic N) is 2. The SMILES string of the molecule is CC1CCCN1C(=O)c1cc(S(=O)(=O)Cl)cn1C1CC1. The van der Waals surface area contributed by atoms with Gasteiger partial charge in [0.15, 0.2) is 0 Å². The van der Waals surface area contributed by atoms with Crippen LogP contribution < -0.4 is 0 Å². The lowest BCUT2D eigenvalue weighted by Crippen LogP contribution is -2.34. The smallest absolute Gasteiger partial charge is 0.270 e. The van der Waals surface area contributed by atoms with Crippen molar-refractivity contribution in [1.82, 2.24) is 9.47 Å². The van der Waals surface area contributed by atoms with E-state index >= 15 is 0 Å². The van der Waals surface area contributed by atoms with Gasteiger partial charge in [-0.15, -0.1) is 0 Å². The molecule has 7 heteroatoms. The van der Waals surface area contributed by atoms with Gasteiger partial charge in [-0.1, -0.05) is 0 Å². The van der Waals surface area contributed by atoms with Gasteiger partial charge in [0.05, 0.1) is 0 Å². The molecule has 1 amide bonds. The highest BCUT2D eigenvalue weighted by atomic mass is 35.7. The standard InChI is InChI=1S/C13H17ClN2O3S/c1-9-3-2-6-15(9)13(17)12-7-11(20(14,18)19)8-16(12)10-4-5-10/h7-10H,2-6H2,1H3. The van der Waals surface area contributed by atoms with E-state index in [-0.39, 0.29) is 22.9 Å². The average molecular weight is 317 g/mol. The molecule has 1 aliphatic heterocycles. The van der Waals surface area contributed by atoms with Crippen molar-refractivity contribution < 1.29 is 13.2 Å². The fraction of sp³-hybridized carbons (Fsp3) is 0.615. The van der Waals surface area contributed by atoms with Crippen molar-refractivity contribution in [3.8, 4) is 0 Å². The van der Waals surface area contributed by atoms with Crippen LogP contribution in [-0.4, -0.2) is 36.4 Å². The van der Waals surface area contributed by atoms with Crippen molar-refractivity contribution in [1.29, 1.82) is 0 Å². The molecule has 5 nitrogen and oxygen atoms in total. The molecule has 1 saturated heterocycles. The van der Waals surface area contributed by atoms with E-state index in [1.54, 1.807) is 4.57 Å². The molecule has 1 aromatic rings. The molecule has 1 atom stereocenters. The molecule has 0 aromatic carbocycles. The van der Waals surface area contributed by atoms with Crippen LogP contribution in [0, 0.1) is 0 Å². The number of likely N-dealkylation sites (tertiary alicyclic amines) is 1. The molecule has 0 radical (unpaired) electrons. The predicted octanol–water partition coefficient (Wildman–Crippen LogP) is 2.38. The number of amides is 1. The van der Waals surface area contributed by atoms with E-state index in [4.69, 9.17) is 10.7 Å². The summed E-state index contributed by atoms with van der Waals surface area (Å²) < 4.78 is 24.7. The molecule has 2 aliphatic rings. The molecule has 1 aliphatic carbocycles. The molecule has 0 spiro atoms. The van der Waals surface area contributed by atoms with Crippen LogP contribution in [0.3, 0.4) is 0 Å². The number of halogens is 1. The third-order valence-corrected chi connectivity index (χ3v) is 5.40. The first-order chi connectivity index (χ1) is 9.38. The van der Waals surface area contributed by atoms with Crippen LogP contribution in [0.2, 0.25) is 0 Å². The van der Waals surface area contributed by atoms with Gasteiger partial charge in [-0.2, -0.15) is 0 Å². The maximum Gasteiger partial charge on any atom is 0.270 e. The summed E-state index contributed by atoms with van der Waals surface area (Å²) in [4.78, 5) is 14.5. The molecule has 2 heterocycles. The number of hydrogen-bond donors (Lipinski definition) is 0. The molecule has 0 bridgehead atoms. The van der Waals surface area contributed by atoms with Crippen LogP contribution in [0.4, 0.5) is 0 Å². The summed E-state index contributed by atoms with van der Waals surface area (Å²) in [5.74, 6) is -0.0894. The van der Waals surface area contributed by atoms with Crippen LogP contribution >= 0.6 is 10.7 Å². The van der Waals surface area contributed by atoms with Crippen molar-refractivity contribution in [3.05, 3.63) is 18.0 Å². The van der Waals surface area contributed by atoms with E-state index in [2.05, 4.69) is 0 Å². The minimum atomic E-state index is -3.80. The first kappa shape index (κ1) is 13.9. The molecular weight excluding hydrogens is 300 g/mol. The first-order valence-electron chi connectivity index (χ1n) is 6.85. The van der Waals surface area contributed by atoms with E-state index in [0.29, 0.717) is 5.69 Å². The van der Waals surface area contributed by atoms with E-state index in [0.717, 1.165) is 32.2 Å².